The van der Waals surface area contributed by atoms with Crippen LogP contribution in [0.15, 0.2) is 41.4 Å². The van der Waals surface area contributed by atoms with Crippen LogP contribution in [0, 0.1) is 18.3 Å². The summed E-state index contributed by atoms with van der Waals surface area (Å²) in [5.74, 6) is 0.0560. The van der Waals surface area contributed by atoms with Crippen molar-refractivity contribution in [2.24, 2.45) is 0 Å². The van der Waals surface area contributed by atoms with E-state index in [0.29, 0.717) is 5.65 Å². The minimum atomic E-state index is -3.96. The second-order valence-corrected chi connectivity index (χ2v) is 6.88. The van der Waals surface area contributed by atoms with Crippen LogP contribution in [0.3, 0.4) is 0 Å². The van der Waals surface area contributed by atoms with Crippen LogP contribution in [0.5, 0.6) is 0 Å². The van der Waals surface area contributed by atoms with E-state index in [-0.39, 0.29) is 21.4 Å². The number of nitrogens with one attached hydrogen (secondary N) is 1. The lowest BCUT2D eigenvalue weighted by Crippen LogP contribution is -2.15. The van der Waals surface area contributed by atoms with Gasteiger partial charge in [-0.3, -0.25) is 4.40 Å². The SMILES string of the molecule is Cc1ccn2c(NS(=O)(=O)c3ccc(C#N)cc3Cl)nnc2c1. The number of anilines is 1. The molecular formula is C14H10ClN5O2S. The molecule has 1 aromatic carbocycles. The normalized spacial score (nSPS) is 11.3. The molecule has 2 heterocycles. The minimum Gasteiger partial charge on any atom is -0.268 e. The Morgan fingerprint density at radius 3 is 2.74 bits per heavy atom. The van der Waals surface area contributed by atoms with E-state index in [2.05, 4.69) is 14.9 Å². The van der Waals surface area contributed by atoms with Crippen LogP contribution in [-0.2, 0) is 10.0 Å². The molecule has 1 N–H and O–H groups in total. The summed E-state index contributed by atoms with van der Waals surface area (Å²) >= 11 is 5.96. The van der Waals surface area contributed by atoms with Gasteiger partial charge in [0.15, 0.2) is 5.65 Å². The Labute approximate surface area is 137 Å². The Morgan fingerprint density at radius 1 is 1.26 bits per heavy atom. The first-order valence-electron chi connectivity index (χ1n) is 6.44. The van der Waals surface area contributed by atoms with E-state index in [9.17, 15) is 8.42 Å². The van der Waals surface area contributed by atoms with Crippen molar-refractivity contribution in [3.05, 3.63) is 52.7 Å². The van der Waals surface area contributed by atoms with E-state index in [1.54, 1.807) is 12.3 Å². The molecule has 0 fully saturated rings. The van der Waals surface area contributed by atoms with Crippen molar-refractivity contribution in [1.29, 1.82) is 5.26 Å². The maximum Gasteiger partial charge on any atom is 0.265 e. The largest absolute Gasteiger partial charge is 0.268 e. The molecule has 0 saturated carbocycles. The average molecular weight is 348 g/mol. The predicted octanol–water partition coefficient (Wildman–Crippen LogP) is 2.36. The van der Waals surface area contributed by atoms with Crippen LogP contribution >= 0.6 is 11.6 Å². The number of hydrogen-bond donors (Lipinski definition) is 1. The fraction of sp³-hybridized carbons (Fsp3) is 0.0714. The lowest BCUT2D eigenvalue weighted by Gasteiger charge is -2.08. The zero-order valence-electron chi connectivity index (χ0n) is 11.9. The van der Waals surface area contributed by atoms with Crippen LogP contribution in [0.25, 0.3) is 5.65 Å². The van der Waals surface area contributed by atoms with Crippen molar-refractivity contribution >= 4 is 33.2 Å². The van der Waals surface area contributed by atoms with Gasteiger partial charge in [-0.05, 0) is 42.8 Å². The van der Waals surface area contributed by atoms with Gasteiger partial charge in [0.2, 0.25) is 5.95 Å². The molecule has 9 heteroatoms. The smallest absolute Gasteiger partial charge is 0.265 e. The Hall–Kier alpha value is -2.63. The number of aromatic nitrogens is 3. The zero-order valence-corrected chi connectivity index (χ0v) is 13.4. The molecule has 0 amide bonds. The number of nitrogens with zero attached hydrogens (tertiary/aromatic N) is 4. The molecule has 0 bridgehead atoms. The number of nitriles is 1. The summed E-state index contributed by atoms with van der Waals surface area (Å²) in [6.45, 7) is 1.90. The van der Waals surface area contributed by atoms with Crippen molar-refractivity contribution in [3.63, 3.8) is 0 Å². The summed E-state index contributed by atoms with van der Waals surface area (Å²) in [6.07, 6.45) is 1.67. The highest BCUT2D eigenvalue weighted by atomic mass is 35.5. The molecule has 0 aliphatic heterocycles. The van der Waals surface area contributed by atoms with Crippen molar-refractivity contribution in [3.8, 4) is 6.07 Å². The Kier molecular flexibility index (Phi) is 3.67. The van der Waals surface area contributed by atoms with Crippen LogP contribution in [0.2, 0.25) is 5.02 Å². The van der Waals surface area contributed by atoms with E-state index in [1.807, 2.05) is 19.1 Å². The van der Waals surface area contributed by atoms with Gasteiger partial charge in [0.05, 0.1) is 16.7 Å². The molecule has 0 atom stereocenters. The summed E-state index contributed by atoms with van der Waals surface area (Å²) in [5, 5.41) is 16.5. The number of fused-ring (bicyclic) bond motifs is 1. The van der Waals surface area contributed by atoms with Gasteiger partial charge in [-0.1, -0.05) is 11.6 Å². The second kappa shape index (κ2) is 5.53. The van der Waals surface area contributed by atoms with Gasteiger partial charge in [0, 0.05) is 6.20 Å². The third-order valence-corrected chi connectivity index (χ3v) is 4.95. The molecule has 2 aromatic heterocycles. The second-order valence-electron chi connectivity index (χ2n) is 4.82. The van der Waals surface area contributed by atoms with Gasteiger partial charge >= 0.3 is 0 Å². The molecule has 0 unspecified atom stereocenters. The molecule has 0 aliphatic carbocycles. The van der Waals surface area contributed by atoms with E-state index in [4.69, 9.17) is 16.9 Å². The van der Waals surface area contributed by atoms with Gasteiger partial charge in [-0.2, -0.15) is 5.26 Å². The fourth-order valence-corrected chi connectivity index (χ4v) is 3.56. The number of aryl methyl sites for hydroxylation is 1. The highest BCUT2D eigenvalue weighted by molar-refractivity contribution is 7.92. The predicted molar refractivity (Wildman–Crippen MR) is 84.7 cm³/mol. The molecule has 7 nitrogen and oxygen atoms in total. The minimum absolute atomic E-state index is 0.0405. The summed E-state index contributed by atoms with van der Waals surface area (Å²) in [6, 6.07) is 9.43. The monoisotopic (exact) mass is 347 g/mol. The van der Waals surface area contributed by atoms with Crippen LogP contribution in [-0.4, -0.2) is 23.0 Å². The van der Waals surface area contributed by atoms with E-state index >= 15 is 0 Å². The number of pyridine rings is 1. The van der Waals surface area contributed by atoms with Gasteiger partial charge in [0.25, 0.3) is 10.0 Å². The first kappa shape index (κ1) is 15.3. The van der Waals surface area contributed by atoms with Gasteiger partial charge in [-0.15, -0.1) is 10.2 Å². The number of rotatable bonds is 3. The summed E-state index contributed by atoms with van der Waals surface area (Å²) in [5.41, 5.74) is 1.78. The quantitative estimate of drug-likeness (QED) is 0.783. The van der Waals surface area contributed by atoms with E-state index in [1.165, 1.54) is 22.6 Å². The summed E-state index contributed by atoms with van der Waals surface area (Å²) < 4.78 is 28.8. The highest BCUT2D eigenvalue weighted by Gasteiger charge is 2.21. The van der Waals surface area contributed by atoms with Crippen LogP contribution in [0.1, 0.15) is 11.1 Å². The average Bonchev–Trinajstić information content (AvgIpc) is 2.88. The van der Waals surface area contributed by atoms with Gasteiger partial charge < -0.3 is 0 Å². The molecular weight excluding hydrogens is 338 g/mol. The first-order valence-corrected chi connectivity index (χ1v) is 8.31. The molecule has 0 spiro atoms. The van der Waals surface area contributed by atoms with Crippen molar-refractivity contribution < 1.29 is 8.42 Å². The molecule has 0 aliphatic rings. The van der Waals surface area contributed by atoms with Crippen molar-refractivity contribution in [2.75, 3.05) is 4.72 Å². The number of halogens is 1. The number of benzene rings is 1. The molecule has 0 saturated heterocycles. The lowest BCUT2D eigenvalue weighted by atomic mass is 10.2. The zero-order chi connectivity index (χ0) is 16.6. The molecule has 3 aromatic rings. The topological polar surface area (TPSA) is 100 Å². The highest BCUT2D eigenvalue weighted by Crippen LogP contribution is 2.24. The first-order chi connectivity index (χ1) is 10.9. The molecule has 23 heavy (non-hydrogen) atoms. The van der Waals surface area contributed by atoms with E-state index < -0.39 is 10.0 Å². The fourth-order valence-electron chi connectivity index (χ4n) is 2.03. The standard InChI is InChI=1S/C14H10ClN5O2S/c1-9-4-5-20-13(6-9)17-18-14(20)19-23(21,22)12-3-2-10(8-16)7-11(12)15/h2-7H,1H3,(H,18,19). The summed E-state index contributed by atoms with van der Waals surface area (Å²) in [4.78, 5) is -0.137. The maximum atomic E-state index is 12.5. The lowest BCUT2D eigenvalue weighted by molar-refractivity contribution is 0.600. The third-order valence-electron chi connectivity index (χ3n) is 3.14. The van der Waals surface area contributed by atoms with E-state index in [0.717, 1.165) is 5.56 Å². The Morgan fingerprint density at radius 2 is 2.04 bits per heavy atom. The van der Waals surface area contributed by atoms with Crippen LogP contribution in [0.4, 0.5) is 5.95 Å². The van der Waals surface area contributed by atoms with Crippen molar-refractivity contribution in [2.45, 2.75) is 11.8 Å². The van der Waals surface area contributed by atoms with Gasteiger partial charge in [0.1, 0.15) is 4.90 Å². The van der Waals surface area contributed by atoms with Gasteiger partial charge in [-0.25, -0.2) is 13.1 Å². The third kappa shape index (κ3) is 2.84. The maximum absolute atomic E-state index is 12.5. The van der Waals surface area contributed by atoms with Crippen molar-refractivity contribution in [1.82, 2.24) is 14.6 Å². The molecule has 0 radical (unpaired) electrons. The number of sulfonamides is 1. The number of hydrogen-bond acceptors (Lipinski definition) is 5. The summed E-state index contributed by atoms with van der Waals surface area (Å²) in [7, 11) is -3.96. The Bertz CT molecular complexity index is 1050. The molecule has 3 rings (SSSR count). The Balaban J connectivity index is 2.02. The molecule has 116 valence electrons. The van der Waals surface area contributed by atoms with Crippen LogP contribution < -0.4 is 4.72 Å².